The van der Waals surface area contributed by atoms with Gasteiger partial charge in [-0.25, -0.2) is 0 Å². The molecule has 0 radical (unpaired) electrons. The minimum absolute atomic E-state index is 0.0735. The first-order valence-corrected chi connectivity index (χ1v) is 7.01. The average molecular weight is 300 g/mol. The van der Waals surface area contributed by atoms with Crippen LogP contribution in [-0.4, -0.2) is 28.0 Å². The molecule has 0 aliphatic rings. The first kappa shape index (κ1) is 14.1. The lowest BCUT2D eigenvalue weighted by atomic mass is 10.0. The molecule has 0 aliphatic carbocycles. The molecule has 1 heterocycles. The molecule has 1 atom stereocenters. The molecular formula is C12H18BrN3O. The predicted molar refractivity (Wildman–Crippen MR) is 71.2 cm³/mol. The normalized spacial score (nSPS) is 12.1. The van der Waals surface area contributed by atoms with Crippen LogP contribution in [0.25, 0.3) is 0 Å². The van der Waals surface area contributed by atoms with Crippen LogP contribution in [0.2, 0.25) is 0 Å². The Kier molecular flexibility index (Phi) is 6.77. The zero-order valence-electron chi connectivity index (χ0n) is 10.0. The molecule has 1 amide bonds. The van der Waals surface area contributed by atoms with Gasteiger partial charge in [0.25, 0.3) is 5.91 Å². The van der Waals surface area contributed by atoms with Gasteiger partial charge < -0.3 is 5.32 Å². The second-order valence-corrected chi connectivity index (χ2v) is 4.77. The van der Waals surface area contributed by atoms with Gasteiger partial charge in [-0.15, -0.1) is 0 Å². The topological polar surface area (TPSA) is 54.9 Å². The summed E-state index contributed by atoms with van der Waals surface area (Å²) in [6.45, 7) is 2.89. The molecule has 0 saturated carbocycles. The van der Waals surface area contributed by atoms with Crippen molar-refractivity contribution >= 4 is 21.8 Å². The van der Waals surface area contributed by atoms with Crippen molar-refractivity contribution in [2.24, 2.45) is 5.92 Å². The molecule has 5 heteroatoms. The Morgan fingerprint density at radius 1 is 1.47 bits per heavy atom. The van der Waals surface area contributed by atoms with E-state index in [0.29, 0.717) is 11.5 Å². The van der Waals surface area contributed by atoms with Crippen molar-refractivity contribution in [3.05, 3.63) is 24.0 Å². The van der Waals surface area contributed by atoms with Crippen LogP contribution in [0.1, 0.15) is 36.5 Å². The highest BCUT2D eigenvalue weighted by atomic mass is 79.9. The summed E-state index contributed by atoms with van der Waals surface area (Å²) in [5.41, 5.74) is 0.564. The Balaban J connectivity index is 2.41. The highest BCUT2D eigenvalue weighted by Gasteiger charge is 2.10. The second-order valence-electron chi connectivity index (χ2n) is 3.97. The number of carbonyl (C=O) groups is 1. The summed E-state index contributed by atoms with van der Waals surface area (Å²) in [6, 6.07) is 1.67. The lowest BCUT2D eigenvalue weighted by molar-refractivity contribution is 0.0945. The fraction of sp³-hybridized carbons (Fsp3) is 0.583. The molecular weight excluding hydrogens is 282 g/mol. The van der Waals surface area contributed by atoms with Gasteiger partial charge in [0.1, 0.15) is 0 Å². The maximum Gasteiger partial charge on any atom is 0.252 e. The molecule has 1 rings (SSSR count). The molecule has 1 aromatic heterocycles. The average Bonchev–Trinajstić information content (AvgIpc) is 2.37. The van der Waals surface area contributed by atoms with Crippen LogP contribution < -0.4 is 5.32 Å². The number of halogens is 1. The van der Waals surface area contributed by atoms with Gasteiger partial charge in [0.15, 0.2) is 0 Å². The van der Waals surface area contributed by atoms with Crippen molar-refractivity contribution < 1.29 is 4.79 Å². The van der Waals surface area contributed by atoms with E-state index >= 15 is 0 Å². The van der Waals surface area contributed by atoms with Crippen molar-refractivity contribution in [2.75, 3.05) is 11.9 Å². The number of rotatable bonds is 7. The summed E-state index contributed by atoms with van der Waals surface area (Å²) in [4.78, 5) is 11.8. The third kappa shape index (κ3) is 5.26. The van der Waals surface area contributed by atoms with Gasteiger partial charge in [0, 0.05) is 11.9 Å². The molecule has 94 valence electrons. The number of nitrogens with one attached hydrogen (secondary N) is 1. The van der Waals surface area contributed by atoms with Crippen molar-refractivity contribution in [1.29, 1.82) is 0 Å². The lowest BCUT2D eigenvalue weighted by Gasteiger charge is -2.15. The van der Waals surface area contributed by atoms with Crippen molar-refractivity contribution in [2.45, 2.75) is 26.2 Å². The standard InChI is InChI=1S/C12H18BrN3O/c1-2-3-10(4-6-13)8-14-12(17)11-5-7-15-16-9-11/h5,7,9-10H,2-4,6,8H2,1H3,(H,14,17). The maximum atomic E-state index is 11.8. The Morgan fingerprint density at radius 3 is 2.88 bits per heavy atom. The summed E-state index contributed by atoms with van der Waals surface area (Å²) >= 11 is 3.44. The number of hydrogen-bond acceptors (Lipinski definition) is 3. The third-order valence-corrected chi connectivity index (χ3v) is 3.07. The Bertz CT molecular complexity index is 326. The lowest BCUT2D eigenvalue weighted by Crippen LogP contribution is -2.29. The van der Waals surface area contributed by atoms with E-state index in [1.54, 1.807) is 6.07 Å². The third-order valence-electron chi connectivity index (χ3n) is 2.61. The Hall–Kier alpha value is -0.970. The molecule has 0 spiro atoms. The van der Waals surface area contributed by atoms with Crippen molar-refractivity contribution in [1.82, 2.24) is 15.5 Å². The molecule has 0 bridgehead atoms. The van der Waals surface area contributed by atoms with Crippen LogP contribution in [0.15, 0.2) is 18.5 Å². The van der Waals surface area contributed by atoms with Gasteiger partial charge >= 0.3 is 0 Å². The SMILES string of the molecule is CCCC(CCBr)CNC(=O)c1ccnnc1. The first-order chi connectivity index (χ1) is 8.27. The molecule has 17 heavy (non-hydrogen) atoms. The van der Waals surface area contributed by atoms with Crippen molar-refractivity contribution in [3.63, 3.8) is 0 Å². The highest BCUT2D eigenvalue weighted by molar-refractivity contribution is 9.09. The van der Waals surface area contributed by atoms with E-state index in [-0.39, 0.29) is 5.91 Å². The minimum Gasteiger partial charge on any atom is -0.352 e. The quantitative estimate of drug-likeness (QED) is 0.787. The summed E-state index contributed by atoms with van der Waals surface area (Å²) in [5.74, 6) is 0.466. The van der Waals surface area contributed by atoms with Crippen LogP contribution in [0.4, 0.5) is 0 Å². The molecule has 4 nitrogen and oxygen atoms in total. The highest BCUT2D eigenvalue weighted by Crippen LogP contribution is 2.11. The van der Waals surface area contributed by atoms with Gasteiger partial charge in [-0.3, -0.25) is 4.79 Å². The Morgan fingerprint density at radius 2 is 2.29 bits per heavy atom. The van der Waals surface area contributed by atoms with E-state index in [4.69, 9.17) is 0 Å². The van der Waals surface area contributed by atoms with Gasteiger partial charge in [0.2, 0.25) is 0 Å². The Labute approximate surface area is 110 Å². The fourth-order valence-electron chi connectivity index (χ4n) is 1.68. The minimum atomic E-state index is -0.0735. The van der Waals surface area contributed by atoms with Gasteiger partial charge in [0.05, 0.1) is 18.0 Å². The zero-order valence-corrected chi connectivity index (χ0v) is 11.6. The number of carbonyl (C=O) groups excluding carboxylic acids is 1. The fourth-order valence-corrected chi connectivity index (χ4v) is 2.32. The van der Waals surface area contributed by atoms with Gasteiger partial charge in [-0.2, -0.15) is 10.2 Å². The summed E-state index contributed by atoms with van der Waals surface area (Å²) in [7, 11) is 0. The van der Waals surface area contributed by atoms with Crippen LogP contribution in [0.5, 0.6) is 0 Å². The number of alkyl halides is 1. The molecule has 1 aromatic rings. The van der Waals surface area contributed by atoms with E-state index in [0.717, 1.165) is 31.1 Å². The van der Waals surface area contributed by atoms with E-state index in [2.05, 4.69) is 38.4 Å². The second kappa shape index (κ2) is 8.17. The monoisotopic (exact) mass is 299 g/mol. The molecule has 0 aliphatic heterocycles. The number of amides is 1. The smallest absolute Gasteiger partial charge is 0.252 e. The van der Waals surface area contributed by atoms with Crippen molar-refractivity contribution in [3.8, 4) is 0 Å². The van der Waals surface area contributed by atoms with Crippen LogP contribution in [-0.2, 0) is 0 Å². The van der Waals surface area contributed by atoms with E-state index in [9.17, 15) is 4.79 Å². The van der Waals surface area contributed by atoms with Gasteiger partial charge in [-0.05, 0) is 24.8 Å². The molecule has 1 N–H and O–H groups in total. The predicted octanol–water partition coefficient (Wildman–Crippen LogP) is 2.41. The maximum absolute atomic E-state index is 11.8. The number of hydrogen-bond donors (Lipinski definition) is 1. The van der Waals surface area contributed by atoms with Crippen LogP contribution >= 0.6 is 15.9 Å². The largest absolute Gasteiger partial charge is 0.352 e. The van der Waals surface area contributed by atoms with E-state index in [1.165, 1.54) is 12.4 Å². The van der Waals surface area contributed by atoms with Crippen LogP contribution in [0.3, 0.4) is 0 Å². The summed E-state index contributed by atoms with van der Waals surface area (Å²) in [5, 5.41) is 11.3. The summed E-state index contributed by atoms with van der Waals surface area (Å²) in [6.07, 6.45) is 6.37. The van der Waals surface area contributed by atoms with Crippen LogP contribution in [0, 0.1) is 5.92 Å². The molecule has 0 aromatic carbocycles. The molecule has 0 saturated heterocycles. The van der Waals surface area contributed by atoms with E-state index in [1.807, 2.05) is 0 Å². The molecule has 1 unspecified atom stereocenters. The summed E-state index contributed by atoms with van der Waals surface area (Å²) < 4.78 is 0. The van der Waals surface area contributed by atoms with E-state index < -0.39 is 0 Å². The van der Waals surface area contributed by atoms with Gasteiger partial charge in [-0.1, -0.05) is 29.3 Å². The number of nitrogens with zero attached hydrogens (tertiary/aromatic N) is 2. The molecule has 0 fully saturated rings. The first-order valence-electron chi connectivity index (χ1n) is 5.88. The zero-order chi connectivity index (χ0) is 12.5. The number of aromatic nitrogens is 2.